The lowest BCUT2D eigenvalue weighted by Gasteiger charge is -2.25. The summed E-state index contributed by atoms with van der Waals surface area (Å²) in [5.74, 6) is -1.47. The van der Waals surface area contributed by atoms with Gasteiger partial charge in [0.15, 0.2) is 5.65 Å². The van der Waals surface area contributed by atoms with E-state index in [1.165, 1.54) is 24.3 Å². The molecule has 1 aromatic carbocycles. The fourth-order valence-electron chi connectivity index (χ4n) is 3.55. The van der Waals surface area contributed by atoms with E-state index in [1.807, 2.05) is 0 Å². The van der Waals surface area contributed by atoms with Crippen LogP contribution in [0.5, 0.6) is 11.8 Å². The molecule has 4 rings (SSSR count). The molecule has 0 saturated heterocycles. The number of aromatic nitrogens is 3. The van der Waals surface area contributed by atoms with Crippen molar-refractivity contribution < 1.29 is 32.5 Å². The molecule has 2 heterocycles. The lowest BCUT2D eigenvalue weighted by molar-refractivity contribution is -0.274. The number of aliphatic carboxylic acids is 1. The van der Waals surface area contributed by atoms with Crippen molar-refractivity contribution in [2.24, 2.45) is 5.92 Å². The molecule has 0 spiro atoms. The second-order valence-corrected chi connectivity index (χ2v) is 7.64. The zero-order chi connectivity index (χ0) is 22.2. The van der Waals surface area contributed by atoms with Crippen LogP contribution in [-0.4, -0.2) is 38.5 Å². The van der Waals surface area contributed by atoms with Crippen molar-refractivity contribution in [3.63, 3.8) is 0 Å². The molecule has 2 aromatic heterocycles. The Kier molecular flexibility index (Phi) is 5.65. The van der Waals surface area contributed by atoms with Gasteiger partial charge in [0.25, 0.3) is 6.01 Å². The van der Waals surface area contributed by atoms with Crippen LogP contribution in [0.1, 0.15) is 25.7 Å². The van der Waals surface area contributed by atoms with Crippen LogP contribution < -0.4 is 9.47 Å². The van der Waals surface area contributed by atoms with Crippen molar-refractivity contribution in [2.75, 3.05) is 0 Å². The lowest BCUT2D eigenvalue weighted by atomic mass is 9.87. The van der Waals surface area contributed by atoms with E-state index < -0.39 is 12.3 Å². The Morgan fingerprint density at radius 3 is 2.42 bits per heavy atom. The molecule has 1 aliphatic rings. The molecular weight excluding hydrogens is 439 g/mol. The first-order chi connectivity index (χ1) is 14.7. The summed E-state index contributed by atoms with van der Waals surface area (Å²) in [7, 11) is 0. The Morgan fingerprint density at radius 2 is 1.81 bits per heavy atom. The molecule has 0 atom stereocenters. The van der Waals surface area contributed by atoms with Crippen LogP contribution in [0.2, 0.25) is 5.02 Å². The smallest absolute Gasteiger partial charge is 0.481 e. The van der Waals surface area contributed by atoms with Gasteiger partial charge >= 0.3 is 12.3 Å². The van der Waals surface area contributed by atoms with Gasteiger partial charge in [-0.1, -0.05) is 11.6 Å². The number of carboxylic acids is 1. The number of imidazole rings is 1. The van der Waals surface area contributed by atoms with Crippen molar-refractivity contribution in [1.29, 1.82) is 0 Å². The maximum atomic E-state index is 12.3. The number of ether oxygens (including phenoxy) is 2. The van der Waals surface area contributed by atoms with Gasteiger partial charge in [0.1, 0.15) is 17.4 Å². The molecular formula is C20H17ClF3N3O4. The van der Waals surface area contributed by atoms with E-state index in [9.17, 15) is 18.0 Å². The maximum absolute atomic E-state index is 12.3. The van der Waals surface area contributed by atoms with E-state index in [0.29, 0.717) is 48.1 Å². The number of carboxylic acid groups (broad SMARTS) is 1. The van der Waals surface area contributed by atoms with Crippen LogP contribution in [0.25, 0.3) is 22.4 Å². The van der Waals surface area contributed by atoms with Gasteiger partial charge in [-0.15, -0.1) is 13.2 Å². The van der Waals surface area contributed by atoms with Crippen LogP contribution in [0.3, 0.4) is 0 Å². The Labute approximate surface area is 179 Å². The number of hydrogen-bond acceptors (Lipinski definition) is 5. The van der Waals surface area contributed by atoms with Crippen molar-refractivity contribution in [3.8, 4) is 23.0 Å². The van der Waals surface area contributed by atoms with E-state index in [1.54, 1.807) is 6.07 Å². The molecule has 0 bridgehead atoms. The van der Waals surface area contributed by atoms with Gasteiger partial charge < -0.3 is 14.6 Å². The number of nitrogens with zero attached hydrogens (tertiary/aromatic N) is 2. The van der Waals surface area contributed by atoms with Gasteiger partial charge in [-0.05, 0) is 56.0 Å². The molecule has 3 aromatic rings. The van der Waals surface area contributed by atoms with Gasteiger partial charge in [-0.25, -0.2) is 4.98 Å². The minimum atomic E-state index is -4.77. The molecule has 0 unspecified atom stereocenters. The average Bonchev–Trinajstić information content (AvgIpc) is 3.08. The first-order valence-electron chi connectivity index (χ1n) is 9.50. The topological polar surface area (TPSA) is 97.3 Å². The number of hydrogen-bond donors (Lipinski definition) is 2. The lowest BCUT2D eigenvalue weighted by Crippen LogP contribution is -2.28. The standard InChI is InChI=1S/C20H17ClF3N3O4/c21-14-9-15-17(26-16(14)10-1-7-13(8-2-10)31-20(22,23)24)27-19(25-15)30-12-5-3-11(4-6-12)18(28)29/h1-2,7-9,11-12H,3-6H2,(H,28,29)(H,25,26,27)/t11-,12-. The highest BCUT2D eigenvalue weighted by molar-refractivity contribution is 6.33. The first-order valence-corrected chi connectivity index (χ1v) is 9.87. The van der Waals surface area contributed by atoms with Crippen molar-refractivity contribution in [1.82, 2.24) is 15.0 Å². The minimum absolute atomic E-state index is 0.146. The zero-order valence-electron chi connectivity index (χ0n) is 15.9. The summed E-state index contributed by atoms with van der Waals surface area (Å²) in [6.45, 7) is 0. The molecule has 2 N–H and O–H groups in total. The second-order valence-electron chi connectivity index (χ2n) is 7.23. The van der Waals surface area contributed by atoms with E-state index in [0.717, 1.165) is 0 Å². The Morgan fingerprint density at radius 1 is 1.13 bits per heavy atom. The van der Waals surface area contributed by atoms with Crippen LogP contribution in [0.4, 0.5) is 13.2 Å². The molecule has 0 aliphatic heterocycles. The summed E-state index contributed by atoms with van der Waals surface area (Å²) in [4.78, 5) is 22.8. The number of benzene rings is 1. The summed E-state index contributed by atoms with van der Waals surface area (Å²) in [6, 6.07) is 7.05. The number of rotatable bonds is 5. The molecule has 1 fully saturated rings. The molecule has 31 heavy (non-hydrogen) atoms. The van der Waals surface area contributed by atoms with E-state index >= 15 is 0 Å². The molecule has 1 aliphatic carbocycles. The third kappa shape index (κ3) is 5.01. The van der Waals surface area contributed by atoms with E-state index in [2.05, 4.69) is 19.7 Å². The molecule has 1 saturated carbocycles. The summed E-state index contributed by atoms with van der Waals surface area (Å²) in [6.07, 6.45) is -2.60. The maximum Gasteiger partial charge on any atom is 0.573 e. The highest BCUT2D eigenvalue weighted by Gasteiger charge is 2.31. The molecule has 164 valence electrons. The SMILES string of the molecule is O=C(O)[C@H]1CC[C@H](Oc2nc3cc(Cl)c(-c4ccc(OC(F)(F)F)cc4)nc3[nH]2)CC1. The van der Waals surface area contributed by atoms with Crippen molar-refractivity contribution in [2.45, 2.75) is 38.1 Å². The van der Waals surface area contributed by atoms with E-state index in [-0.39, 0.29) is 28.8 Å². The molecule has 11 heteroatoms. The quantitative estimate of drug-likeness (QED) is 0.549. The zero-order valence-corrected chi connectivity index (χ0v) is 16.7. The number of H-pyrrole nitrogens is 1. The van der Waals surface area contributed by atoms with Crippen LogP contribution in [0.15, 0.2) is 30.3 Å². The predicted octanol–water partition coefficient (Wildman–Crippen LogP) is 5.20. The predicted molar refractivity (Wildman–Crippen MR) is 105 cm³/mol. The largest absolute Gasteiger partial charge is 0.573 e. The van der Waals surface area contributed by atoms with Gasteiger partial charge in [0.05, 0.1) is 16.6 Å². The Bertz CT molecular complexity index is 1090. The number of fused-ring (bicyclic) bond motifs is 1. The Hall–Kier alpha value is -3.01. The van der Waals surface area contributed by atoms with Gasteiger partial charge in [-0.3, -0.25) is 9.78 Å². The third-order valence-corrected chi connectivity index (χ3v) is 5.35. The number of aromatic amines is 1. The summed E-state index contributed by atoms with van der Waals surface area (Å²) < 4.78 is 46.7. The van der Waals surface area contributed by atoms with Crippen molar-refractivity contribution in [3.05, 3.63) is 35.4 Å². The summed E-state index contributed by atoms with van der Waals surface area (Å²) >= 11 is 6.31. The van der Waals surface area contributed by atoms with Crippen LogP contribution in [0, 0.1) is 5.92 Å². The highest BCUT2D eigenvalue weighted by Crippen LogP contribution is 2.32. The number of carbonyl (C=O) groups is 1. The molecule has 0 amide bonds. The minimum Gasteiger partial charge on any atom is -0.481 e. The summed E-state index contributed by atoms with van der Waals surface area (Å²) in [5.41, 5.74) is 1.75. The number of pyridine rings is 1. The average molecular weight is 456 g/mol. The molecule has 0 radical (unpaired) electrons. The second kappa shape index (κ2) is 8.26. The number of alkyl halides is 3. The third-order valence-electron chi connectivity index (χ3n) is 5.07. The van der Waals surface area contributed by atoms with Gasteiger partial charge in [0.2, 0.25) is 0 Å². The van der Waals surface area contributed by atoms with Crippen LogP contribution >= 0.6 is 11.6 Å². The van der Waals surface area contributed by atoms with Crippen molar-refractivity contribution >= 4 is 28.7 Å². The first kappa shape index (κ1) is 21.2. The van der Waals surface area contributed by atoms with Gasteiger partial charge in [0, 0.05) is 5.56 Å². The highest BCUT2D eigenvalue weighted by atomic mass is 35.5. The fourth-order valence-corrected chi connectivity index (χ4v) is 3.81. The molecule has 7 nitrogen and oxygen atoms in total. The van der Waals surface area contributed by atoms with E-state index in [4.69, 9.17) is 21.4 Å². The number of halogens is 4. The number of nitrogens with one attached hydrogen (secondary N) is 1. The summed E-state index contributed by atoms with van der Waals surface area (Å²) in [5, 5.41) is 9.36. The monoisotopic (exact) mass is 455 g/mol. The van der Waals surface area contributed by atoms with Crippen LogP contribution in [-0.2, 0) is 4.79 Å². The normalized spacial score (nSPS) is 19.4. The fraction of sp³-hybridized carbons (Fsp3) is 0.350. The van der Waals surface area contributed by atoms with Gasteiger partial charge in [-0.2, -0.15) is 4.98 Å². The Balaban J connectivity index is 1.51.